The largest absolute Gasteiger partial charge is 0.360 e. The molecular formula is C11H22N4S. The Morgan fingerprint density at radius 2 is 1.94 bits per heavy atom. The molecule has 16 heavy (non-hydrogen) atoms. The summed E-state index contributed by atoms with van der Waals surface area (Å²) in [7, 11) is 2.16. The molecule has 1 aromatic heterocycles. The second-order valence-corrected chi connectivity index (χ2v) is 4.98. The molecule has 4 nitrogen and oxygen atoms in total. The van der Waals surface area contributed by atoms with Crippen LogP contribution in [0, 0.1) is 0 Å². The van der Waals surface area contributed by atoms with Crippen molar-refractivity contribution in [1.29, 1.82) is 0 Å². The SMILES string of the molecule is CCNc1nnc(CN(C)C(CC)CC)s1. The standard InChI is InChI=1S/C11H22N4S/c1-5-9(6-2)15(4)8-10-13-14-11(16-10)12-7-3/h9H,5-8H2,1-4H3,(H,12,14). The molecule has 5 heteroatoms. The first kappa shape index (κ1) is 13.4. The predicted octanol–water partition coefficient (Wildman–Crippen LogP) is 2.59. The van der Waals surface area contributed by atoms with Gasteiger partial charge in [0.25, 0.3) is 0 Å². The lowest BCUT2D eigenvalue weighted by molar-refractivity contribution is 0.221. The number of hydrogen-bond donors (Lipinski definition) is 1. The van der Waals surface area contributed by atoms with Gasteiger partial charge in [-0.3, -0.25) is 4.90 Å². The quantitative estimate of drug-likeness (QED) is 0.798. The Morgan fingerprint density at radius 3 is 2.50 bits per heavy atom. The first-order chi connectivity index (χ1) is 7.71. The minimum absolute atomic E-state index is 0.645. The molecule has 1 N–H and O–H groups in total. The van der Waals surface area contributed by atoms with E-state index in [2.05, 4.69) is 48.2 Å². The molecule has 0 aliphatic rings. The van der Waals surface area contributed by atoms with Gasteiger partial charge in [0.15, 0.2) is 0 Å². The summed E-state index contributed by atoms with van der Waals surface area (Å²) in [4.78, 5) is 2.36. The molecule has 1 heterocycles. The summed E-state index contributed by atoms with van der Waals surface area (Å²) in [6.07, 6.45) is 2.37. The van der Waals surface area contributed by atoms with E-state index in [1.165, 1.54) is 12.8 Å². The van der Waals surface area contributed by atoms with Gasteiger partial charge in [-0.05, 0) is 26.8 Å². The molecule has 0 atom stereocenters. The van der Waals surface area contributed by atoms with Crippen molar-refractivity contribution in [2.75, 3.05) is 18.9 Å². The van der Waals surface area contributed by atoms with E-state index in [0.717, 1.165) is 23.2 Å². The third-order valence-electron chi connectivity index (χ3n) is 2.75. The number of nitrogens with zero attached hydrogens (tertiary/aromatic N) is 3. The van der Waals surface area contributed by atoms with Gasteiger partial charge in [-0.25, -0.2) is 0 Å². The lowest BCUT2D eigenvalue weighted by Gasteiger charge is -2.24. The summed E-state index contributed by atoms with van der Waals surface area (Å²) in [5.41, 5.74) is 0. The summed E-state index contributed by atoms with van der Waals surface area (Å²) in [5, 5.41) is 13.5. The fourth-order valence-corrected chi connectivity index (χ4v) is 2.67. The average molecular weight is 242 g/mol. The van der Waals surface area contributed by atoms with Crippen LogP contribution < -0.4 is 5.32 Å². The molecule has 0 radical (unpaired) electrons. The fourth-order valence-electron chi connectivity index (χ4n) is 1.79. The third kappa shape index (κ3) is 3.72. The summed E-state index contributed by atoms with van der Waals surface area (Å²) in [6.45, 7) is 8.33. The Morgan fingerprint density at radius 1 is 1.25 bits per heavy atom. The molecule has 0 spiro atoms. The van der Waals surface area contributed by atoms with Crippen molar-refractivity contribution in [1.82, 2.24) is 15.1 Å². The molecule has 0 saturated carbocycles. The molecule has 0 unspecified atom stereocenters. The van der Waals surface area contributed by atoms with E-state index < -0.39 is 0 Å². The van der Waals surface area contributed by atoms with Gasteiger partial charge in [-0.2, -0.15) is 0 Å². The third-order valence-corrected chi connectivity index (χ3v) is 3.61. The van der Waals surface area contributed by atoms with Crippen LogP contribution in [0.15, 0.2) is 0 Å². The zero-order chi connectivity index (χ0) is 12.0. The molecule has 0 bridgehead atoms. The second kappa shape index (κ2) is 6.81. The average Bonchev–Trinajstić information content (AvgIpc) is 2.68. The molecule has 0 saturated heterocycles. The van der Waals surface area contributed by atoms with Crippen LogP contribution in [0.3, 0.4) is 0 Å². The number of anilines is 1. The predicted molar refractivity (Wildman–Crippen MR) is 69.9 cm³/mol. The maximum absolute atomic E-state index is 4.19. The molecule has 0 aliphatic heterocycles. The molecule has 1 rings (SSSR count). The van der Waals surface area contributed by atoms with Crippen molar-refractivity contribution in [2.24, 2.45) is 0 Å². The van der Waals surface area contributed by atoms with E-state index in [4.69, 9.17) is 0 Å². The number of nitrogens with one attached hydrogen (secondary N) is 1. The normalized spacial score (nSPS) is 11.4. The van der Waals surface area contributed by atoms with E-state index in [0.29, 0.717) is 6.04 Å². The fraction of sp³-hybridized carbons (Fsp3) is 0.818. The van der Waals surface area contributed by atoms with Gasteiger partial charge in [0, 0.05) is 12.6 Å². The first-order valence-electron chi connectivity index (χ1n) is 5.97. The topological polar surface area (TPSA) is 41.1 Å². The maximum atomic E-state index is 4.19. The monoisotopic (exact) mass is 242 g/mol. The lowest BCUT2D eigenvalue weighted by atomic mass is 10.1. The number of rotatable bonds is 7. The Hall–Kier alpha value is -0.680. The van der Waals surface area contributed by atoms with Crippen molar-refractivity contribution in [3.63, 3.8) is 0 Å². The van der Waals surface area contributed by atoms with Gasteiger partial charge < -0.3 is 5.32 Å². The van der Waals surface area contributed by atoms with Gasteiger partial charge in [0.1, 0.15) is 5.01 Å². The minimum atomic E-state index is 0.645. The van der Waals surface area contributed by atoms with Crippen LogP contribution in [0.2, 0.25) is 0 Å². The van der Waals surface area contributed by atoms with Gasteiger partial charge in [-0.1, -0.05) is 25.2 Å². The van der Waals surface area contributed by atoms with Crippen LogP contribution in [0.4, 0.5) is 5.13 Å². The summed E-state index contributed by atoms with van der Waals surface area (Å²) >= 11 is 1.65. The highest BCUT2D eigenvalue weighted by molar-refractivity contribution is 7.15. The zero-order valence-electron chi connectivity index (χ0n) is 10.7. The summed E-state index contributed by atoms with van der Waals surface area (Å²) in [5.74, 6) is 0. The number of aromatic nitrogens is 2. The van der Waals surface area contributed by atoms with Crippen molar-refractivity contribution in [3.8, 4) is 0 Å². The highest BCUT2D eigenvalue weighted by atomic mass is 32.1. The Labute approximate surface area is 102 Å². The van der Waals surface area contributed by atoms with Crippen molar-refractivity contribution in [2.45, 2.75) is 46.2 Å². The van der Waals surface area contributed by atoms with E-state index in [1.807, 2.05) is 0 Å². The molecule has 0 fully saturated rings. The van der Waals surface area contributed by atoms with Crippen LogP contribution in [-0.2, 0) is 6.54 Å². The van der Waals surface area contributed by atoms with E-state index in [1.54, 1.807) is 11.3 Å². The number of hydrogen-bond acceptors (Lipinski definition) is 5. The first-order valence-corrected chi connectivity index (χ1v) is 6.79. The van der Waals surface area contributed by atoms with Gasteiger partial charge >= 0.3 is 0 Å². The van der Waals surface area contributed by atoms with E-state index >= 15 is 0 Å². The Kier molecular flexibility index (Phi) is 5.69. The minimum Gasteiger partial charge on any atom is -0.360 e. The van der Waals surface area contributed by atoms with Crippen LogP contribution >= 0.6 is 11.3 Å². The van der Waals surface area contributed by atoms with Gasteiger partial charge in [0.05, 0.1) is 6.54 Å². The van der Waals surface area contributed by atoms with Crippen LogP contribution in [-0.4, -0.2) is 34.7 Å². The molecule has 0 aromatic carbocycles. The highest BCUT2D eigenvalue weighted by Gasteiger charge is 2.13. The molecule has 92 valence electrons. The Bertz CT molecular complexity index is 296. The molecular weight excluding hydrogens is 220 g/mol. The smallest absolute Gasteiger partial charge is 0.205 e. The van der Waals surface area contributed by atoms with Crippen molar-refractivity contribution >= 4 is 16.5 Å². The van der Waals surface area contributed by atoms with Crippen LogP contribution in [0.5, 0.6) is 0 Å². The highest BCUT2D eigenvalue weighted by Crippen LogP contribution is 2.18. The van der Waals surface area contributed by atoms with Crippen LogP contribution in [0.1, 0.15) is 38.6 Å². The summed E-state index contributed by atoms with van der Waals surface area (Å²) < 4.78 is 0. The van der Waals surface area contributed by atoms with E-state index in [-0.39, 0.29) is 0 Å². The van der Waals surface area contributed by atoms with Crippen LogP contribution in [0.25, 0.3) is 0 Å². The molecule has 0 aliphatic carbocycles. The summed E-state index contributed by atoms with van der Waals surface area (Å²) in [6, 6.07) is 0.645. The second-order valence-electron chi connectivity index (χ2n) is 3.92. The molecule has 0 amide bonds. The van der Waals surface area contributed by atoms with Crippen molar-refractivity contribution in [3.05, 3.63) is 5.01 Å². The zero-order valence-corrected chi connectivity index (χ0v) is 11.5. The van der Waals surface area contributed by atoms with Crippen molar-refractivity contribution < 1.29 is 0 Å². The Balaban J connectivity index is 2.51. The van der Waals surface area contributed by atoms with Gasteiger partial charge in [-0.15, -0.1) is 10.2 Å². The lowest BCUT2D eigenvalue weighted by Crippen LogP contribution is -2.29. The molecule has 1 aromatic rings. The van der Waals surface area contributed by atoms with Gasteiger partial charge in [0.2, 0.25) is 5.13 Å². The van der Waals surface area contributed by atoms with E-state index in [9.17, 15) is 0 Å². The maximum Gasteiger partial charge on any atom is 0.205 e.